The van der Waals surface area contributed by atoms with Crippen LogP contribution in [0.4, 0.5) is 0 Å². The van der Waals surface area contributed by atoms with Crippen molar-refractivity contribution in [2.45, 2.75) is 64.6 Å². The number of esters is 1. The van der Waals surface area contributed by atoms with Crippen LogP contribution in [0, 0.1) is 0 Å². The first-order valence-electron chi connectivity index (χ1n) is 9.85. The van der Waals surface area contributed by atoms with Crippen molar-refractivity contribution in [1.82, 2.24) is 0 Å². The molecule has 1 aromatic rings. The quantitative estimate of drug-likeness (QED) is 0.191. The van der Waals surface area contributed by atoms with Crippen LogP contribution >= 0.6 is 0 Å². The van der Waals surface area contributed by atoms with Crippen LogP contribution in [0.5, 0.6) is 11.5 Å². The van der Waals surface area contributed by atoms with E-state index in [4.69, 9.17) is 9.47 Å². The number of aromatic hydroxyl groups is 1. The molecule has 1 saturated heterocycles. The van der Waals surface area contributed by atoms with Crippen molar-refractivity contribution in [3.8, 4) is 11.5 Å². The van der Waals surface area contributed by atoms with Gasteiger partial charge in [0.2, 0.25) is 0 Å². The molecule has 1 aliphatic rings. The summed E-state index contributed by atoms with van der Waals surface area (Å²) in [4.78, 5) is 22.7. The van der Waals surface area contributed by atoms with E-state index in [0.29, 0.717) is 36.3 Å². The molecule has 1 aliphatic heterocycles. The first-order valence-corrected chi connectivity index (χ1v) is 9.85. The van der Waals surface area contributed by atoms with Crippen LogP contribution in [-0.4, -0.2) is 42.8 Å². The molecule has 0 amide bonds. The summed E-state index contributed by atoms with van der Waals surface area (Å²) in [5.41, 5.74) is 1.02. The lowest BCUT2D eigenvalue weighted by Gasteiger charge is -2.14. The zero-order chi connectivity index (χ0) is 20.5. The van der Waals surface area contributed by atoms with Crippen molar-refractivity contribution in [2.24, 2.45) is 0 Å². The van der Waals surface area contributed by atoms with Crippen LogP contribution in [-0.2, 0) is 20.7 Å². The molecule has 6 nitrogen and oxygen atoms in total. The molecule has 1 aromatic carbocycles. The molecule has 28 heavy (non-hydrogen) atoms. The van der Waals surface area contributed by atoms with E-state index >= 15 is 0 Å². The fraction of sp³-hybridized carbons (Fsp3) is 0.545. The van der Waals surface area contributed by atoms with E-state index in [1.165, 1.54) is 14.0 Å². The fourth-order valence-corrected chi connectivity index (χ4v) is 3.10. The maximum absolute atomic E-state index is 11.6. The molecule has 0 bridgehead atoms. The van der Waals surface area contributed by atoms with Gasteiger partial charge in [-0.05, 0) is 44.7 Å². The number of carbonyl (C=O) groups is 2. The SMILES string of the molecule is CCCc1c(OCC/C=C\C2OC2CCCC(=O)OC)ccc(C(C)=O)c1O. The van der Waals surface area contributed by atoms with Crippen molar-refractivity contribution in [2.75, 3.05) is 13.7 Å². The molecule has 2 unspecified atom stereocenters. The Kier molecular flexibility index (Phi) is 8.51. The first kappa shape index (κ1) is 22.0. The van der Waals surface area contributed by atoms with Gasteiger partial charge in [0.05, 0.1) is 25.4 Å². The Morgan fingerprint density at radius 3 is 2.79 bits per heavy atom. The maximum atomic E-state index is 11.6. The molecule has 0 radical (unpaired) electrons. The number of carbonyl (C=O) groups excluding carboxylic acids is 2. The lowest BCUT2D eigenvalue weighted by atomic mass is 10.0. The van der Waals surface area contributed by atoms with Crippen LogP contribution in [0.15, 0.2) is 24.3 Å². The zero-order valence-electron chi connectivity index (χ0n) is 16.9. The van der Waals surface area contributed by atoms with Gasteiger partial charge in [-0.1, -0.05) is 25.5 Å². The maximum Gasteiger partial charge on any atom is 0.305 e. The van der Waals surface area contributed by atoms with Gasteiger partial charge in [0.15, 0.2) is 5.78 Å². The largest absolute Gasteiger partial charge is 0.507 e. The minimum atomic E-state index is -0.185. The summed E-state index contributed by atoms with van der Waals surface area (Å²) < 4.78 is 16.0. The Balaban J connectivity index is 1.75. The second kappa shape index (κ2) is 10.9. The summed E-state index contributed by atoms with van der Waals surface area (Å²) in [5, 5.41) is 10.3. The molecule has 0 saturated carbocycles. The Morgan fingerprint density at radius 2 is 2.11 bits per heavy atom. The van der Waals surface area contributed by atoms with E-state index in [1.54, 1.807) is 12.1 Å². The first-order chi connectivity index (χ1) is 13.5. The predicted octanol–water partition coefficient (Wildman–Crippen LogP) is 3.98. The zero-order valence-corrected chi connectivity index (χ0v) is 16.9. The third kappa shape index (κ3) is 6.37. The number of ether oxygens (including phenoxy) is 3. The molecule has 1 heterocycles. The van der Waals surface area contributed by atoms with Gasteiger partial charge >= 0.3 is 5.97 Å². The topological polar surface area (TPSA) is 85.4 Å². The van der Waals surface area contributed by atoms with E-state index in [-0.39, 0.29) is 29.7 Å². The summed E-state index contributed by atoms with van der Waals surface area (Å²) >= 11 is 0. The van der Waals surface area contributed by atoms with Crippen molar-refractivity contribution in [1.29, 1.82) is 0 Å². The lowest BCUT2D eigenvalue weighted by molar-refractivity contribution is -0.140. The fourth-order valence-electron chi connectivity index (χ4n) is 3.10. The van der Waals surface area contributed by atoms with Crippen LogP contribution < -0.4 is 4.74 Å². The highest BCUT2D eigenvalue weighted by atomic mass is 16.6. The van der Waals surface area contributed by atoms with E-state index in [2.05, 4.69) is 4.74 Å². The van der Waals surface area contributed by atoms with Gasteiger partial charge < -0.3 is 19.3 Å². The van der Waals surface area contributed by atoms with Gasteiger partial charge in [-0.25, -0.2) is 0 Å². The molecule has 2 atom stereocenters. The summed E-state index contributed by atoms with van der Waals surface area (Å²) in [5.74, 6) is 0.314. The molecule has 1 fully saturated rings. The molecule has 1 N–H and O–H groups in total. The highest BCUT2D eigenvalue weighted by Crippen LogP contribution is 2.33. The van der Waals surface area contributed by atoms with E-state index in [1.807, 2.05) is 19.1 Å². The molecular formula is C22H30O6. The summed E-state index contributed by atoms with van der Waals surface area (Å²) in [6.45, 7) is 3.94. The minimum absolute atomic E-state index is 0.0311. The number of rotatable bonds is 12. The highest BCUT2D eigenvalue weighted by molar-refractivity contribution is 5.97. The van der Waals surface area contributed by atoms with Crippen LogP contribution in [0.25, 0.3) is 0 Å². The summed E-state index contributed by atoms with van der Waals surface area (Å²) in [7, 11) is 1.40. The van der Waals surface area contributed by atoms with E-state index in [9.17, 15) is 14.7 Å². The number of methoxy groups -OCH3 is 1. The molecule has 2 rings (SSSR count). The average molecular weight is 390 g/mol. The normalized spacial score (nSPS) is 18.2. The smallest absolute Gasteiger partial charge is 0.305 e. The monoisotopic (exact) mass is 390 g/mol. The van der Waals surface area contributed by atoms with Crippen LogP contribution in [0.2, 0.25) is 0 Å². The predicted molar refractivity (Wildman–Crippen MR) is 106 cm³/mol. The van der Waals surface area contributed by atoms with Crippen LogP contribution in [0.3, 0.4) is 0 Å². The number of epoxide rings is 1. The standard InChI is InChI=1S/C22H30O6/c1-4-8-17-18(13-12-16(15(2)23)22(17)25)27-14-6-5-9-19-20(28-19)10-7-11-21(24)26-3/h5,9,12-13,19-20,25H,4,6-8,10-11,14H2,1-3H3/b9-5-. The highest BCUT2D eigenvalue weighted by Gasteiger charge is 2.35. The van der Waals surface area contributed by atoms with Gasteiger partial charge in [-0.3, -0.25) is 9.59 Å². The van der Waals surface area contributed by atoms with Crippen molar-refractivity contribution >= 4 is 11.8 Å². The molecule has 0 aromatic heterocycles. The number of ketones is 1. The number of Topliss-reactive ketones (excluding diaryl/α,β-unsaturated/α-hetero) is 1. The summed E-state index contributed by atoms with van der Waals surface area (Å²) in [6.07, 6.45) is 8.62. The van der Waals surface area contributed by atoms with Gasteiger partial charge in [0, 0.05) is 12.0 Å². The third-order valence-electron chi connectivity index (χ3n) is 4.71. The molecule has 0 spiro atoms. The van der Waals surface area contributed by atoms with E-state index in [0.717, 1.165) is 25.7 Å². The number of hydrogen-bond acceptors (Lipinski definition) is 6. The number of benzene rings is 1. The molecule has 154 valence electrons. The van der Waals surface area contributed by atoms with Crippen molar-refractivity contribution in [3.63, 3.8) is 0 Å². The van der Waals surface area contributed by atoms with Crippen molar-refractivity contribution in [3.05, 3.63) is 35.4 Å². The van der Waals surface area contributed by atoms with Gasteiger partial charge in [0.25, 0.3) is 0 Å². The minimum Gasteiger partial charge on any atom is -0.507 e. The number of phenols is 1. The Labute approximate surface area is 166 Å². The second-order valence-corrected chi connectivity index (χ2v) is 6.92. The molecule has 0 aliphatic carbocycles. The summed E-state index contributed by atoms with van der Waals surface area (Å²) in [6, 6.07) is 3.37. The van der Waals surface area contributed by atoms with Crippen LogP contribution in [0.1, 0.15) is 61.9 Å². The number of phenolic OH excluding ortho intramolecular Hbond substituents is 1. The van der Waals surface area contributed by atoms with E-state index < -0.39 is 0 Å². The van der Waals surface area contributed by atoms with Gasteiger partial charge in [0.1, 0.15) is 17.6 Å². The molecule has 6 heteroatoms. The Morgan fingerprint density at radius 1 is 1.32 bits per heavy atom. The Bertz CT molecular complexity index is 709. The van der Waals surface area contributed by atoms with Crippen molar-refractivity contribution < 1.29 is 28.9 Å². The number of hydrogen-bond donors (Lipinski definition) is 1. The third-order valence-corrected chi connectivity index (χ3v) is 4.71. The van der Waals surface area contributed by atoms with Gasteiger partial charge in [-0.15, -0.1) is 0 Å². The molecular weight excluding hydrogens is 360 g/mol. The average Bonchev–Trinajstić information content (AvgIpc) is 3.41. The second-order valence-electron chi connectivity index (χ2n) is 6.92. The van der Waals surface area contributed by atoms with Gasteiger partial charge in [-0.2, -0.15) is 0 Å². The lowest BCUT2D eigenvalue weighted by Crippen LogP contribution is -2.03. The Hall–Kier alpha value is -2.34.